The highest BCUT2D eigenvalue weighted by Crippen LogP contribution is 2.29. The molecule has 2 aromatic carbocycles. The van der Waals surface area contributed by atoms with E-state index < -0.39 is 22.0 Å². The summed E-state index contributed by atoms with van der Waals surface area (Å²) in [5.41, 5.74) is 1.35. The summed E-state index contributed by atoms with van der Waals surface area (Å²) in [6, 6.07) is 8.21. The molecule has 2 aromatic rings. The van der Waals surface area contributed by atoms with Crippen molar-refractivity contribution in [2.75, 3.05) is 19.5 Å². The molecule has 0 aliphatic rings. The summed E-state index contributed by atoms with van der Waals surface area (Å²) < 4.78 is 37.7. The van der Waals surface area contributed by atoms with Crippen LogP contribution in [-0.4, -0.2) is 34.6 Å². The van der Waals surface area contributed by atoms with Gasteiger partial charge in [-0.25, -0.2) is 8.42 Å². The number of amides is 1. The second-order valence-electron chi connectivity index (χ2n) is 5.81. The Morgan fingerprint density at radius 1 is 1.07 bits per heavy atom. The van der Waals surface area contributed by atoms with Gasteiger partial charge in [0, 0.05) is 16.8 Å². The standard InChI is InChI=1S/C18H21ClN2O5S/c1-11-5-6-13(9-15(11)19)20-18(22)12(2)21-27(23,24)14-7-8-16(25-3)17(10-14)26-4/h5-10,12,21H,1-4H3,(H,20,22). The molecule has 0 fully saturated rings. The third kappa shape index (κ3) is 5.12. The number of benzene rings is 2. The summed E-state index contributed by atoms with van der Waals surface area (Å²) in [7, 11) is -1.08. The van der Waals surface area contributed by atoms with E-state index in [1.807, 2.05) is 6.92 Å². The normalized spacial score (nSPS) is 12.3. The number of rotatable bonds is 7. The molecule has 27 heavy (non-hydrogen) atoms. The first-order chi connectivity index (χ1) is 12.7. The molecular formula is C18H21ClN2O5S. The number of methoxy groups -OCH3 is 2. The van der Waals surface area contributed by atoms with Gasteiger partial charge in [0.25, 0.3) is 0 Å². The zero-order valence-electron chi connectivity index (χ0n) is 15.4. The number of ether oxygens (including phenoxy) is 2. The molecule has 0 bridgehead atoms. The molecule has 9 heteroatoms. The van der Waals surface area contributed by atoms with E-state index in [2.05, 4.69) is 10.0 Å². The number of aryl methyl sites for hydroxylation is 1. The Labute approximate surface area is 163 Å². The van der Waals surface area contributed by atoms with E-state index in [9.17, 15) is 13.2 Å². The Morgan fingerprint density at radius 2 is 1.74 bits per heavy atom. The molecule has 1 atom stereocenters. The van der Waals surface area contributed by atoms with Crippen molar-refractivity contribution in [2.24, 2.45) is 0 Å². The zero-order chi connectivity index (χ0) is 20.2. The van der Waals surface area contributed by atoms with Gasteiger partial charge in [0.15, 0.2) is 11.5 Å². The maximum absolute atomic E-state index is 12.6. The maximum atomic E-state index is 12.6. The Kier molecular flexibility index (Phi) is 6.69. The van der Waals surface area contributed by atoms with Crippen LogP contribution in [0.15, 0.2) is 41.3 Å². The highest BCUT2D eigenvalue weighted by atomic mass is 35.5. The highest BCUT2D eigenvalue weighted by molar-refractivity contribution is 7.89. The molecule has 146 valence electrons. The fraction of sp³-hybridized carbons (Fsp3) is 0.278. The van der Waals surface area contributed by atoms with E-state index in [4.69, 9.17) is 21.1 Å². The first-order valence-electron chi connectivity index (χ1n) is 7.99. The third-order valence-electron chi connectivity index (χ3n) is 3.83. The molecular weight excluding hydrogens is 392 g/mol. The van der Waals surface area contributed by atoms with E-state index in [1.165, 1.54) is 39.3 Å². The van der Waals surface area contributed by atoms with Crippen LogP contribution < -0.4 is 19.5 Å². The number of sulfonamides is 1. The van der Waals surface area contributed by atoms with Crippen molar-refractivity contribution >= 4 is 33.2 Å². The molecule has 1 amide bonds. The molecule has 0 saturated carbocycles. The van der Waals surface area contributed by atoms with Crippen LogP contribution in [0.1, 0.15) is 12.5 Å². The van der Waals surface area contributed by atoms with E-state index >= 15 is 0 Å². The number of carbonyl (C=O) groups is 1. The van der Waals surface area contributed by atoms with Gasteiger partial charge in [0.2, 0.25) is 15.9 Å². The number of carbonyl (C=O) groups excluding carboxylic acids is 1. The van der Waals surface area contributed by atoms with Gasteiger partial charge in [-0.15, -0.1) is 0 Å². The van der Waals surface area contributed by atoms with Gasteiger partial charge < -0.3 is 14.8 Å². The zero-order valence-corrected chi connectivity index (χ0v) is 16.9. The summed E-state index contributed by atoms with van der Waals surface area (Å²) in [5.74, 6) is 0.157. The molecule has 0 aliphatic carbocycles. The number of hydrogen-bond acceptors (Lipinski definition) is 5. The average molecular weight is 413 g/mol. The topological polar surface area (TPSA) is 93.7 Å². The van der Waals surface area contributed by atoms with E-state index in [1.54, 1.807) is 18.2 Å². The van der Waals surface area contributed by atoms with Gasteiger partial charge in [-0.05, 0) is 43.7 Å². The summed E-state index contributed by atoms with van der Waals surface area (Å²) in [6.45, 7) is 3.29. The fourth-order valence-electron chi connectivity index (χ4n) is 2.26. The largest absolute Gasteiger partial charge is 0.493 e. The van der Waals surface area contributed by atoms with E-state index in [-0.39, 0.29) is 10.6 Å². The average Bonchev–Trinajstić information content (AvgIpc) is 2.63. The Balaban J connectivity index is 2.14. The van der Waals surface area contributed by atoms with Crippen LogP contribution in [0.25, 0.3) is 0 Å². The van der Waals surface area contributed by atoms with E-state index in [0.29, 0.717) is 16.5 Å². The Bertz CT molecular complexity index is 947. The van der Waals surface area contributed by atoms with Crippen LogP contribution in [0.5, 0.6) is 11.5 Å². The molecule has 7 nitrogen and oxygen atoms in total. The highest BCUT2D eigenvalue weighted by Gasteiger charge is 2.23. The first kappa shape index (κ1) is 21.0. The number of nitrogens with one attached hydrogen (secondary N) is 2. The SMILES string of the molecule is COc1ccc(S(=O)(=O)NC(C)C(=O)Nc2ccc(C)c(Cl)c2)cc1OC. The monoisotopic (exact) mass is 412 g/mol. The quantitative estimate of drug-likeness (QED) is 0.729. The first-order valence-corrected chi connectivity index (χ1v) is 9.85. The van der Waals surface area contributed by atoms with Crippen molar-refractivity contribution in [2.45, 2.75) is 24.8 Å². The van der Waals surface area contributed by atoms with Crippen molar-refractivity contribution < 1.29 is 22.7 Å². The fourth-order valence-corrected chi connectivity index (χ4v) is 3.66. The second kappa shape index (κ2) is 8.60. The lowest BCUT2D eigenvalue weighted by Crippen LogP contribution is -2.41. The van der Waals surface area contributed by atoms with Gasteiger partial charge in [-0.2, -0.15) is 4.72 Å². The molecule has 2 N–H and O–H groups in total. The predicted molar refractivity (Wildman–Crippen MR) is 104 cm³/mol. The third-order valence-corrected chi connectivity index (χ3v) is 5.78. The lowest BCUT2D eigenvalue weighted by molar-refractivity contribution is -0.117. The Morgan fingerprint density at radius 3 is 2.33 bits per heavy atom. The molecule has 0 radical (unpaired) electrons. The molecule has 0 spiro atoms. The van der Waals surface area contributed by atoms with Crippen LogP contribution >= 0.6 is 11.6 Å². The molecule has 0 heterocycles. The van der Waals surface area contributed by atoms with Crippen molar-refractivity contribution in [3.05, 3.63) is 47.0 Å². The summed E-state index contributed by atoms with van der Waals surface area (Å²) in [5, 5.41) is 3.14. The van der Waals surface area contributed by atoms with Crippen LogP contribution in [0.3, 0.4) is 0 Å². The minimum Gasteiger partial charge on any atom is -0.493 e. The lowest BCUT2D eigenvalue weighted by Gasteiger charge is -2.16. The van der Waals surface area contributed by atoms with Crippen molar-refractivity contribution in [3.63, 3.8) is 0 Å². The van der Waals surface area contributed by atoms with Gasteiger partial charge in [0.05, 0.1) is 25.2 Å². The summed E-state index contributed by atoms with van der Waals surface area (Å²) in [6.07, 6.45) is 0. The number of halogens is 1. The van der Waals surface area contributed by atoms with Crippen LogP contribution in [-0.2, 0) is 14.8 Å². The van der Waals surface area contributed by atoms with Crippen molar-refractivity contribution in [1.82, 2.24) is 4.72 Å². The molecule has 0 saturated heterocycles. The van der Waals surface area contributed by atoms with Crippen molar-refractivity contribution in [3.8, 4) is 11.5 Å². The maximum Gasteiger partial charge on any atom is 0.242 e. The molecule has 0 aromatic heterocycles. The Hall–Kier alpha value is -2.29. The smallest absolute Gasteiger partial charge is 0.242 e. The van der Waals surface area contributed by atoms with Crippen LogP contribution in [0.2, 0.25) is 5.02 Å². The second-order valence-corrected chi connectivity index (χ2v) is 7.93. The molecule has 2 rings (SSSR count). The summed E-state index contributed by atoms with van der Waals surface area (Å²) in [4.78, 5) is 12.3. The van der Waals surface area contributed by atoms with Gasteiger partial charge in [-0.3, -0.25) is 4.79 Å². The van der Waals surface area contributed by atoms with Crippen LogP contribution in [0.4, 0.5) is 5.69 Å². The minimum absolute atomic E-state index is 0.0434. The van der Waals surface area contributed by atoms with Crippen molar-refractivity contribution in [1.29, 1.82) is 0 Å². The van der Waals surface area contributed by atoms with Gasteiger partial charge in [-0.1, -0.05) is 17.7 Å². The van der Waals surface area contributed by atoms with Gasteiger partial charge in [0.1, 0.15) is 0 Å². The predicted octanol–water partition coefficient (Wildman–Crippen LogP) is 2.97. The van der Waals surface area contributed by atoms with Gasteiger partial charge >= 0.3 is 0 Å². The summed E-state index contributed by atoms with van der Waals surface area (Å²) >= 11 is 6.03. The van der Waals surface area contributed by atoms with E-state index in [0.717, 1.165) is 5.56 Å². The molecule has 1 unspecified atom stereocenters. The molecule has 0 aliphatic heterocycles. The number of hydrogen-bond donors (Lipinski definition) is 2. The lowest BCUT2D eigenvalue weighted by atomic mass is 10.2. The minimum atomic E-state index is -3.94. The van der Waals surface area contributed by atoms with Crippen LogP contribution in [0, 0.1) is 6.92 Å². The number of anilines is 1.